The molecule has 20 heavy (non-hydrogen) atoms. The van der Waals surface area contributed by atoms with Crippen molar-refractivity contribution >= 4 is 11.8 Å². The zero-order chi connectivity index (χ0) is 13.9. The first kappa shape index (κ1) is 13.9. The number of rotatable bonds is 3. The maximum Gasteiger partial charge on any atom is 0.225 e. The second kappa shape index (κ2) is 6.12. The minimum atomic E-state index is 0.0454. The molecular formula is C15H25N3O2. The van der Waals surface area contributed by atoms with Crippen molar-refractivity contribution in [1.29, 1.82) is 0 Å². The van der Waals surface area contributed by atoms with E-state index in [1.54, 1.807) is 0 Å². The summed E-state index contributed by atoms with van der Waals surface area (Å²) in [5.41, 5.74) is 0. The van der Waals surface area contributed by atoms with Crippen molar-refractivity contribution in [2.45, 2.75) is 44.6 Å². The molecule has 0 aliphatic carbocycles. The highest BCUT2D eigenvalue weighted by atomic mass is 16.2. The van der Waals surface area contributed by atoms with Crippen LogP contribution < -0.4 is 10.6 Å². The summed E-state index contributed by atoms with van der Waals surface area (Å²) < 4.78 is 0. The van der Waals surface area contributed by atoms with Gasteiger partial charge in [-0.3, -0.25) is 9.59 Å². The van der Waals surface area contributed by atoms with Crippen LogP contribution in [-0.4, -0.2) is 48.9 Å². The van der Waals surface area contributed by atoms with E-state index in [1.807, 2.05) is 4.90 Å². The number of nitrogens with zero attached hydrogens (tertiary/aromatic N) is 1. The van der Waals surface area contributed by atoms with E-state index in [4.69, 9.17) is 0 Å². The van der Waals surface area contributed by atoms with Crippen molar-refractivity contribution in [3.05, 3.63) is 0 Å². The van der Waals surface area contributed by atoms with Gasteiger partial charge in [-0.25, -0.2) is 0 Å². The highest BCUT2D eigenvalue weighted by Gasteiger charge is 2.42. The van der Waals surface area contributed by atoms with Gasteiger partial charge in [-0.15, -0.1) is 0 Å². The van der Waals surface area contributed by atoms with Crippen LogP contribution in [0, 0.1) is 11.8 Å². The third-order valence-corrected chi connectivity index (χ3v) is 5.09. The average Bonchev–Trinajstić information content (AvgIpc) is 2.87. The number of carbonyl (C=O) groups is 2. The molecule has 3 rings (SSSR count). The zero-order valence-corrected chi connectivity index (χ0v) is 12.1. The van der Waals surface area contributed by atoms with Gasteiger partial charge in [-0.05, 0) is 51.1 Å². The lowest BCUT2D eigenvalue weighted by Gasteiger charge is -2.36. The fourth-order valence-corrected chi connectivity index (χ4v) is 3.90. The molecule has 0 aromatic carbocycles. The number of hydrogen-bond donors (Lipinski definition) is 2. The summed E-state index contributed by atoms with van der Waals surface area (Å²) >= 11 is 0. The van der Waals surface area contributed by atoms with Gasteiger partial charge in [0.1, 0.15) is 0 Å². The molecule has 3 fully saturated rings. The van der Waals surface area contributed by atoms with Crippen molar-refractivity contribution in [3.8, 4) is 0 Å². The Morgan fingerprint density at radius 2 is 2.15 bits per heavy atom. The first-order chi connectivity index (χ1) is 9.75. The molecule has 5 nitrogen and oxygen atoms in total. The number of likely N-dealkylation sites (tertiary alicyclic amines) is 1. The molecular weight excluding hydrogens is 254 g/mol. The third kappa shape index (κ3) is 2.82. The minimum Gasteiger partial charge on any atom is -0.354 e. The molecule has 0 aromatic heterocycles. The summed E-state index contributed by atoms with van der Waals surface area (Å²) in [5.74, 6) is 1.09. The van der Waals surface area contributed by atoms with Gasteiger partial charge in [-0.2, -0.15) is 0 Å². The van der Waals surface area contributed by atoms with Crippen LogP contribution in [0.4, 0.5) is 0 Å². The lowest BCUT2D eigenvalue weighted by atomic mass is 9.90. The SMILES string of the molecule is O=C1NCC2C1CCCN2C(=O)CCC1CCCNC1. The zero-order valence-electron chi connectivity index (χ0n) is 12.1. The van der Waals surface area contributed by atoms with Crippen LogP contribution in [0.15, 0.2) is 0 Å². The summed E-state index contributed by atoms with van der Waals surface area (Å²) in [6, 6.07) is 0.119. The number of nitrogens with one attached hydrogen (secondary N) is 2. The molecule has 2 amide bonds. The topological polar surface area (TPSA) is 61.4 Å². The van der Waals surface area contributed by atoms with Gasteiger partial charge < -0.3 is 15.5 Å². The highest BCUT2D eigenvalue weighted by molar-refractivity contribution is 5.84. The van der Waals surface area contributed by atoms with Gasteiger partial charge in [0, 0.05) is 19.5 Å². The van der Waals surface area contributed by atoms with Crippen molar-refractivity contribution in [3.63, 3.8) is 0 Å². The van der Waals surface area contributed by atoms with E-state index < -0.39 is 0 Å². The smallest absolute Gasteiger partial charge is 0.225 e. The first-order valence-electron chi connectivity index (χ1n) is 8.03. The van der Waals surface area contributed by atoms with E-state index in [1.165, 1.54) is 12.8 Å². The number of amides is 2. The number of piperidine rings is 2. The maximum absolute atomic E-state index is 12.5. The fourth-order valence-electron chi connectivity index (χ4n) is 3.90. The van der Waals surface area contributed by atoms with Crippen LogP contribution in [0.25, 0.3) is 0 Å². The lowest BCUT2D eigenvalue weighted by molar-refractivity contribution is -0.137. The molecule has 3 unspecified atom stereocenters. The van der Waals surface area contributed by atoms with E-state index in [0.717, 1.165) is 38.9 Å². The standard InChI is InChI=1S/C15H25N3O2/c19-14(6-5-11-3-1-7-16-9-11)18-8-2-4-12-13(18)10-17-15(12)20/h11-13,16H,1-10H2,(H,17,20). The average molecular weight is 279 g/mol. The Morgan fingerprint density at radius 3 is 2.95 bits per heavy atom. The molecule has 3 atom stereocenters. The van der Waals surface area contributed by atoms with Crippen LogP contribution in [0.2, 0.25) is 0 Å². The molecule has 3 heterocycles. The Labute approximate surface area is 120 Å². The van der Waals surface area contributed by atoms with Gasteiger partial charge in [0.25, 0.3) is 0 Å². The molecule has 3 saturated heterocycles. The van der Waals surface area contributed by atoms with Crippen LogP contribution in [0.5, 0.6) is 0 Å². The summed E-state index contributed by atoms with van der Waals surface area (Å²) in [7, 11) is 0. The molecule has 0 bridgehead atoms. The van der Waals surface area contributed by atoms with Gasteiger partial charge >= 0.3 is 0 Å². The van der Waals surface area contributed by atoms with Gasteiger partial charge in [-0.1, -0.05) is 0 Å². The maximum atomic E-state index is 12.5. The van der Waals surface area contributed by atoms with Crippen molar-refractivity contribution in [2.75, 3.05) is 26.2 Å². The van der Waals surface area contributed by atoms with E-state index >= 15 is 0 Å². The summed E-state index contributed by atoms with van der Waals surface area (Å²) in [6.45, 7) is 3.66. The van der Waals surface area contributed by atoms with Gasteiger partial charge in [0.2, 0.25) is 11.8 Å². The second-order valence-corrected chi connectivity index (χ2v) is 6.40. The number of hydrogen-bond acceptors (Lipinski definition) is 3. The third-order valence-electron chi connectivity index (χ3n) is 5.09. The molecule has 112 valence electrons. The monoisotopic (exact) mass is 279 g/mol. The molecule has 0 saturated carbocycles. The first-order valence-corrected chi connectivity index (χ1v) is 8.03. The predicted molar refractivity (Wildman–Crippen MR) is 76.1 cm³/mol. The number of carbonyl (C=O) groups excluding carboxylic acids is 2. The Kier molecular flexibility index (Phi) is 4.24. The van der Waals surface area contributed by atoms with E-state index in [2.05, 4.69) is 10.6 Å². The van der Waals surface area contributed by atoms with Crippen LogP contribution in [0.3, 0.4) is 0 Å². The molecule has 3 aliphatic rings. The second-order valence-electron chi connectivity index (χ2n) is 6.40. The lowest BCUT2D eigenvalue weighted by Crippen LogP contribution is -2.48. The molecule has 2 N–H and O–H groups in total. The fraction of sp³-hybridized carbons (Fsp3) is 0.867. The van der Waals surface area contributed by atoms with Crippen molar-refractivity contribution < 1.29 is 9.59 Å². The number of fused-ring (bicyclic) bond motifs is 1. The molecule has 0 aromatic rings. The Bertz CT molecular complexity index is 379. The summed E-state index contributed by atoms with van der Waals surface area (Å²) in [4.78, 5) is 26.2. The van der Waals surface area contributed by atoms with E-state index in [-0.39, 0.29) is 23.8 Å². The molecule has 5 heteroatoms. The molecule has 0 spiro atoms. The molecule has 3 aliphatic heterocycles. The van der Waals surface area contributed by atoms with Crippen LogP contribution in [0.1, 0.15) is 38.5 Å². The Balaban J connectivity index is 1.52. The van der Waals surface area contributed by atoms with E-state index in [9.17, 15) is 9.59 Å². The van der Waals surface area contributed by atoms with Crippen LogP contribution in [-0.2, 0) is 9.59 Å². The molecule has 0 radical (unpaired) electrons. The minimum absolute atomic E-state index is 0.0454. The van der Waals surface area contributed by atoms with Crippen molar-refractivity contribution in [1.82, 2.24) is 15.5 Å². The normalized spacial score (nSPS) is 33.7. The van der Waals surface area contributed by atoms with Crippen molar-refractivity contribution in [2.24, 2.45) is 11.8 Å². The Morgan fingerprint density at radius 1 is 1.25 bits per heavy atom. The van der Waals surface area contributed by atoms with E-state index in [0.29, 0.717) is 18.9 Å². The summed E-state index contributed by atoms with van der Waals surface area (Å²) in [5, 5.41) is 6.31. The quantitative estimate of drug-likeness (QED) is 0.791. The largest absolute Gasteiger partial charge is 0.354 e. The summed E-state index contributed by atoms with van der Waals surface area (Å²) in [6.07, 6.45) is 6.00. The van der Waals surface area contributed by atoms with Gasteiger partial charge in [0.15, 0.2) is 0 Å². The Hall–Kier alpha value is -1.10. The predicted octanol–water partition coefficient (Wildman–Crippen LogP) is 0.503. The van der Waals surface area contributed by atoms with Crippen LogP contribution >= 0.6 is 0 Å². The van der Waals surface area contributed by atoms with Gasteiger partial charge in [0.05, 0.1) is 12.0 Å². The highest BCUT2D eigenvalue weighted by Crippen LogP contribution is 2.28.